The third-order valence-electron chi connectivity index (χ3n) is 4.90. The average molecular weight is 442 g/mol. The number of hydrogen-bond donors (Lipinski definition) is 5. The van der Waals surface area contributed by atoms with E-state index in [0.29, 0.717) is 17.9 Å². The molecule has 3 rings (SSSR count). The van der Waals surface area contributed by atoms with Crippen molar-refractivity contribution < 1.29 is 9.18 Å². The van der Waals surface area contributed by atoms with Crippen LogP contribution in [0.15, 0.2) is 48.5 Å². The molecular formula is C23H25ClFN5O. The summed E-state index contributed by atoms with van der Waals surface area (Å²) in [7, 11) is 1.86. The summed E-state index contributed by atoms with van der Waals surface area (Å²) >= 11 is 6.22. The van der Waals surface area contributed by atoms with Gasteiger partial charge in [-0.05, 0) is 55.4 Å². The predicted molar refractivity (Wildman–Crippen MR) is 127 cm³/mol. The molecule has 31 heavy (non-hydrogen) atoms. The van der Waals surface area contributed by atoms with Crippen LogP contribution in [0, 0.1) is 12.7 Å². The van der Waals surface area contributed by atoms with Gasteiger partial charge in [-0.15, -0.1) is 0 Å². The number of carbonyl (C=O) groups excluding carboxylic acids is 1. The molecule has 0 saturated heterocycles. The van der Waals surface area contributed by atoms with E-state index in [1.165, 1.54) is 13.0 Å². The van der Waals surface area contributed by atoms with Gasteiger partial charge >= 0.3 is 0 Å². The Bertz CT molecular complexity index is 1100. The number of hydrogen-bond acceptors (Lipinski definition) is 5. The summed E-state index contributed by atoms with van der Waals surface area (Å²) in [4.78, 5) is 13.0. The number of nitrogens with one attached hydrogen (secondary N) is 3. The molecule has 0 saturated carbocycles. The van der Waals surface area contributed by atoms with Gasteiger partial charge in [-0.1, -0.05) is 29.8 Å². The lowest BCUT2D eigenvalue weighted by atomic mass is 10.0. The number of carbonyl (C=O) groups is 1. The zero-order valence-electron chi connectivity index (χ0n) is 17.4. The normalized spacial score (nSPS) is 10.7. The van der Waals surface area contributed by atoms with Gasteiger partial charge in [0.05, 0.1) is 27.6 Å². The lowest BCUT2D eigenvalue weighted by Gasteiger charge is -2.16. The van der Waals surface area contributed by atoms with Crippen molar-refractivity contribution >= 4 is 40.3 Å². The van der Waals surface area contributed by atoms with Crippen molar-refractivity contribution in [3.63, 3.8) is 0 Å². The minimum absolute atomic E-state index is 0.0311. The zero-order valence-corrected chi connectivity index (χ0v) is 18.1. The van der Waals surface area contributed by atoms with Crippen molar-refractivity contribution in [1.29, 1.82) is 0 Å². The minimum atomic E-state index is -0.624. The second-order valence-electron chi connectivity index (χ2n) is 7.13. The van der Waals surface area contributed by atoms with Crippen molar-refractivity contribution in [3.8, 4) is 11.1 Å². The van der Waals surface area contributed by atoms with E-state index >= 15 is 0 Å². The fraction of sp³-hybridized carbons (Fsp3) is 0.174. The fourth-order valence-corrected chi connectivity index (χ4v) is 3.35. The second-order valence-corrected chi connectivity index (χ2v) is 7.51. The Hall–Kier alpha value is -3.29. The number of halogens is 2. The van der Waals surface area contributed by atoms with Gasteiger partial charge in [0.2, 0.25) is 0 Å². The van der Waals surface area contributed by atoms with Gasteiger partial charge in [-0.2, -0.15) is 0 Å². The van der Waals surface area contributed by atoms with E-state index in [1.54, 1.807) is 0 Å². The van der Waals surface area contributed by atoms with Crippen molar-refractivity contribution in [2.24, 2.45) is 0 Å². The first kappa shape index (κ1) is 22.4. The van der Waals surface area contributed by atoms with E-state index in [9.17, 15) is 9.18 Å². The van der Waals surface area contributed by atoms with Crippen LogP contribution in [0.2, 0.25) is 5.02 Å². The Morgan fingerprint density at radius 3 is 2.35 bits per heavy atom. The van der Waals surface area contributed by atoms with E-state index in [2.05, 4.69) is 16.0 Å². The molecule has 0 aliphatic carbocycles. The first-order valence-corrected chi connectivity index (χ1v) is 10.1. The van der Waals surface area contributed by atoms with E-state index in [-0.39, 0.29) is 21.8 Å². The second kappa shape index (κ2) is 9.68. The quantitative estimate of drug-likeness (QED) is 0.274. The molecule has 0 unspecified atom stereocenters. The molecule has 6 nitrogen and oxygen atoms in total. The zero-order chi connectivity index (χ0) is 22.5. The molecule has 8 heteroatoms. The van der Waals surface area contributed by atoms with Gasteiger partial charge in [0, 0.05) is 24.3 Å². The topological polar surface area (TPSA) is 105 Å². The van der Waals surface area contributed by atoms with Crippen LogP contribution in [-0.2, 0) is 0 Å². The van der Waals surface area contributed by atoms with Crippen LogP contribution in [0.1, 0.15) is 15.9 Å². The van der Waals surface area contributed by atoms with Crippen LogP contribution in [0.5, 0.6) is 0 Å². The first-order chi connectivity index (χ1) is 14.8. The van der Waals surface area contributed by atoms with Gasteiger partial charge in [-0.3, -0.25) is 4.79 Å². The van der Waals surface area contributed by atoms with Crippen molar-refractivity contribution in [2.45, 2.75) is 6.92 Å². The smallest absolute Gasteiger partial charge is 0.257 e. The molecule has 162 valence electrons. The highest BCUT2D eigenvalue weighted by Crippen LogP contribution is 2.32. The lowest BCUT2D eigenvalue weighted by Crippen LogP contribution is -2.19. The Kier molecular flexibility index (Phi) is 6.99. The van der Waals surface area contributed by atoms with Crippen molar-refractivity contribution in [2.75, 3.05) is 42.2 Å². The highest BCUT2D eigenvalue weighted by Gasteiger charge is 2.19. The highest BCUT2D eigenvalue weighted by molar-refractivity contribution is 6.35. The molecule has 7 N–H and O–H groups in total. The number of benzene rings is 3. The van der Waals surface area contributed by atoms with Crippen molar-refractivity contribution in [1.82, 2.24) is 5.32 Å². The predicted octanol–water partition coefficient (Wildman–Crippen LogP) is 4.50. The van der Waals surface area contributed by atoms with Gasteiger partial charge in [-0.25, -0.2) is 4.39 Å². The number of amides is 1. The van der Waals surface area contributed by atoms with E-state index in [0.717, 1.165) is 23.4 Å². The standard InChI is InChI=1S/C23H25ClFN5O/c1-13-21(24)17(12-18(27)22(13)25)23(31)30-20-11-15(14-3-6-16(26)7-4-14)5-8-19(20)29-10-9-28-2/h3-8,11-12,28-29H,9-10,26-27H2,1-2H3,(H,30,31). The Labute approximate surface area is 185 Å². The summed E-state index contributed by atoms with van der Waals surface area (Å²) in [5, 5.41) is 9.27. The molecule has 3 aromatic carbocycles. The van der Waals surface area contributed by atoms with Crippen LogP contribution in [0.25, 0.3) is 11.1 Å². The Morgan fingerprint density at radius 2 is 1.68 bits per heavy atom. The van der Waals surface area contributed by atoms with E-state index in [4.69, 9.17) is 23.1 Å². The third kappa shape index (κ3) is 5.07. The van der Waals surface area contributed by atoms with E-state index < -0.39 is 11.7 Å². The monoisotopic (exact) mass is 441 g/mol. The summed E-state index contributed by atoms with van der Waals surface area (Å²) in [6.45, 7) is 2.88. The lowest BCUT2D eigenvalue weighted by molar-refractivity contribution is 0.102. The average Bonchev–Trinajstić information content (AvgIpc) is 2.76. The summed E-state index contributed by atoms with van der Waals surface area (Å²) in [6, 6.07) is 14.4. The maximum Gasteiger partial charge on any atom is 0.257 e. The molecule has 0 bridgehead atoms. The highest BCUT2D eigenvalue weighted by atomic mass is 35.5. The molecule has 0 heterocycles. The number of anilines is 4. The van der Waals surface area contributed by atoms with Gasteiger partial charge < -0.3 is 27.4 Å². The maximum atomic E-state index is 14.0. The Balaban J connectivity index is 1.97. The molecule has 0 aromatic heterocycles. The number of nitrogens with two attached hydrogens (primary N) is 2. The SMILES string of the molecule is CNCCNc1ccc(-c2ccc(N)cc2)cc1NC(=O)c1cc(N)c(F)c(C)c1Cl. The van der Waals surface area contributed by atoms with Gasteiger partial charge in [0.1, 0.15) is 0 Å². The summed E-state index contributed by atoms with van der Waals surface area (Å²) in [5.74, 6) is -1.10. The Morgan fingerprint density at radius 1 is 1.00 bits per heavy atom. The summed E-state index contributed by atoms with van der Waals surface area (Å²) in [5.41, 5.74) is 15.4. The van der Waals surface area contributed by atoms with Gasteiger partial charge in [0.15, 0.2) is 5.82 Å². The third-order valence-corrected chi connectivity index (χ3v) is 5.38. The van der Waals surface area contributed by atoms with Crippen LogP contribution in [-0.4, -0.2) is 26.0 Å². The molecule has 0 spiro atoms. The van der Waals surface area contributed by atoms with E-state index in [1.807, 2.05) is 49.5 Å². The summed E-state index contributed by atoms with van der Waals surface area (Å²) in [6.07, 6.45) is 0. The number of likely N-dealkylation sites (N-methyl/N-ethyl adjacent to an activating group) is 1. The van der Waals surface area contributed by atoms with Crippen LogP contribution < -0.4 is 27.4 Å². The van der Waals surface area contributed by atoms with Crippen LogP contribution in [0.4, 0.5) is 27.1 Å². The maximum absolute atomic E-state index is 14.0. The fourth-order valence-electron chi connectivity index (χ4n) is 3.13. The molecule has 0 aliphatic heterocycles. The van der Waals surface area contributed by atoms with Crippen LogP contribution >= 0.6 is 11.6 Å². The minimum Gasteiger partial charge on any atom is -0.399 e. The largest absolute Gasteiger partial charge is 0.399 e. The molecular weight excluding hydrogens is 417 g/mol. The molecule has 0 radical (unpaired) electrons. The molecule has 0 atom stereocenters. The molecule has 0 fully saturated rings. The summed E-state index contributed by atoms with van der Waals surface area (Å²) < 4.78 is 14.0. The number of rotatable bonds is 7. The first-order valence-electron chi connectivity index (χ1n) is 9.75. The van der Waals surface area contributed by atoms with Crippen LogP contribution in [0.3, 0.4) is 0 Å². The van der Waals surface area contributed by atoms with Crippen molar-refractivity contribution in [3.05, 3.63) is 70.5 Å². The molecule has 3 aromatic rings. The number of nitrogen functional groups attached to an aromatic ring is 2. The molecule has 1 amide bonds. The van der Waals surface area contributed by atoms with Gasteiger partial charge in [0.25, 0.3) is 5.91 Å². The molecule has 0 aliphatic rings.